The standard InChI is InChI=1S/C19H15N3O3/c1-24-15-7-5-14(6-8-15)22-12-20-16-11-13(4-9-17(16)22)21-19(23)18-3-2-10-25-18/h2-12H,1H3,(H,21,23). The molecule has 0 spiro atoms. The van der Waals surface area contributed by atoms with Gasteiger partial charge in [-0.05, 0) is 54.6 Å². The van der Waals surface area contributed by atoms with Gasteiger partial charge in [-0.15, -0.1) is 0 Å². The lowest BCUT2D eigenvalue weighted by molar-refractivity contribution is 0.0996. The van der Waals surface area contributed by atoms with Gasteiger partial charge >= 0.3 is 0 Å². The quantitative estimate of drug-likeness (QED) is 0.615. The Labute approximate surface area is 143 Å². The van der Waals surface area contributed by atoms with Gasteiger partial charge < -0.3 is 14.5 Å². The number of anilines is 1. The average molecular weight is 333 g/mol. The van der Waals surface area contributed by atoms with Crippen molar-refractivity contribution in [3.05, 3.63) is 72.9 Å². The molecule has 0 aliphatic carbocycles. The zero-order valence-corrected chi connectivity index (χ0v) is 13.5. The van der Waals surface area contributed by atoms with E-state index in [1.54, 1.807) is 25.6 Å². The number of carbonyl (C=O) groups excluding carboxylic acids is 1. The Bertz CT molecular complexity index is 1020. The number of aromatic nitrogens is 2. The zero-order chi connectivity index (χ0) is 17.2. The maximum absolute atomic E-state index is 12.1. The van der Waals surface area contributed by atoms with Crippen LogP contribution in [0.5, 0.6) is 5.75 Å². The molecule has 6 heteroatoms. The lowest BCUT2D eigenvalue weighted by Gasteiger charge is -2.07. The second-order valence-corrected chi connectivity index (χ2v) is 5.45. The zero-order valence-electron chi connectivity index (χ0n) is 13.5. The summed E-state index contributed by atoms with van der Waals surface area (Å²) in [4.78, 5) is 16.5. The van der Waals surface area contributed by atoms with Gasteiger partial charge in [-0.3, -0.25) is 9.36 Å². The molecule has 0 aliphatic rings. The van der Waals surface area contributed by atoms with E-state index in [1.807, 2.05) is 47.0 Å². The van der Waals surface area contributed by atoms with Gasteiger partial charge in [0.15, 0.2) is 5.76 Å². The number of nitrogens with one attached hydrogen (secondary N) is 1. The normalized spacial score (nSPS) is 10.8. The van der Waals surface area contributed by atoms with Gasteiger partial charge in [0.2, 0.25) is 0 Å². The van der Waals surface area contributed by atoms with Crippen LogP contribution in [0.1, 0.15) is 10.6 Å². The highest BCUT2D eigenvalue weighted by atomic mass is 16.5. The highest BCUT2D eigenvalue weighted by molar-refractivity contribution is 6.03. The molecule has 2 aromatic heterocycles. The van der Waals surface area contributed by atoms with Crippen LogP contribution in [0.3, 0.4) is 0 Å². The molecule has 0 atom stereocenters. The predicted molar refractivity (Wildman–Crippen MR) is 94.3 cm³/mol. The molecule has 124 valence electrons. The summed E-state index contributed by atoms with van der Waals surface area (Å²) in [5.74, 6) is 0.777. The van der Waals surface area contributed by atoms with Crippen LogP contribution in [0.25, 0.3) is 16.7 Å². The van der Waals surface area contributed by atoms with E-state index in [0.29, 0.717) is 5.69 Å². The Kier molecular flexibility index (Phi) is 3.70. The second-order valence-electron chi connectivity index (χ2n) is 5.45. The Morgan fingerprint density at radius 3 is 2.72 bits per heavy atom. The number of imidazole rings is 1. The summed E-state index contributed by atoms with van der Waals surface area (Å²) in [5, 5.41) is 2.80. The molecule has 0 fully saturated rings. The fourth-order valence-corrected chi connectivity index (χ4v) is 2.64. The number of benzene rings is 2. The van der Waals surface area contributed by atoms with Crippen molar-refractivity contribution in [2.24, 2.45) is 0 Å². The summed E-state index contributed by atoms with van der Waals surface area (Å²) in [5.41, 5.74) is 3.37. The first-order valence-corrected chi connectivity index (χ1v) is 7.71. The third-order valence-corrected chi connectivity index (χ3v) is 3.90. The summed E-state index contributed by atoms with van der Waals surface area (Å²) >= 11 is 0. The number of nitrogens with zero attached hydrogens (tertiary/aromatic N) is 2. The SMILES string of the molecule is COc1ccc(-n2cnc3cc(NC(=O)c4ccco4)ccc32)cc1. The first-order chi connectivity index (χ1) is 12.2. The number of amides is 1. The van der Waals surface area contributed by atoms with Crippen LogP contribution in [-0.4, -0.2) is 22.6 Å². The summed E-state index contributed by atoms with van der Waals surface area (Å²) in [7, 11) is 1.64. The third kappa shape index (κ3) is 2.85. The molecule has 2 aromatic carbocycles. The highest BCUT2D eigenvalue weighted by Gasteiger charge is 2.11. The second kappa shape index (κ2) is 6.16. The molecule has 1 N–H and O–H groups in total. The first kappa shape index (κ1) is 15.0. The highest BCUT2D eigenvalue weighted by Crippen LogP contribution is 2.23. The van der Waals surface area contributed by atoms with Crippen molar-refractivity contribution < 1.29 is 13.9 Å². The molecule has 0 saturated carbocycles. The van der Waals surface area contributed by atoms with E-state index in [1.165, 1.54) is 6.26 Å². The first-order valence-electron chi connectivity index (χ1n) is 7.71. The number of ether oxygens (including phenoxy) is 1. The van der Waals surface area contributed by atoms with Gasteiger partial charge in [0.25, 0.3) is 5.91 Å². The van der Waals surface area contributed by atoms with Crippen molar-refractivity contribution in [1.29, 1.82) is 0 Å². The minimum Gasteiger partial charge on any atom is -0.497 e. The summed E-state index contributed by atoms with van der Waals surface area (Å²) in [6.07, 6.45) is 3.22. The van der Waals surface area contributed by atoms with Crippen LogP contribution >= 0.6 is 0 Å². The van der Waals surface area contributed by atoms with E-state index < -0.39 is 0 Å². The topological polar surface area (TPSA) is 69.3 Å². The van der Waals surface area contributed by atoms with Gasteiger partial charge in [0.05, 0.1) is 24.4 Å². The van der Waals surface area contributed by atoms with E-state index in [0.717, 1.165) is 22.5 Å². The Hall–Kier alpha value is -3.54. The number of methoxy groups -OCH3 is 1. The lowest BCUT2D eigenvalue weighted by atomic mass is 10.2. The molecular formula is C19H15N3O3. The third-order valence-electron chi connectivity index (χ3n) is 3.90. The Balaban J connectivity index is 1.63. The fourth-order valence-electron chi connectivity index (χ4n) is 2.64. The minimum absolute atomic E-state index is 0.267. The van der Waals surface area contributed by atoms with Crippen molar-refractivity contribution >= 4 is 22.6 Å². The van der Waals surface area contributed by atoms with E-state index >= 15 is 0 Å². The number of hydrogen-bond donors (Lipinski definition) is 1. The van der Waals surface area contributed by atoms with E-state index in [9.17, 15) is 4.79 Å². The van der Waals surface area contributed by atoms with E-state index in [2.05, 4.69) is 10.3 Å². The molecule has 0 unspecified atom stereocenters. The number of fused-ring (bicyclic) bond motifs is 1. The van der Waals surface area contributed by atoms with Crippen LogP contribution in [0.4, 0.5) is 5.69 Å². The van der Waals surface area contributed by atoms with Crippen LogP contribution in [-0.2, 0) is 0 Å². The molecule has 1 amide bonds. The fraction of sp³-hybridized carbons (Fsp3) is 0.0526. The smallest absolute Gasteiger partial charge is 0.291 e. The minimum atomic E-state index is -0.293. The van der Waals surface area contributed by atoms with Crippen molar-refractivity contribution in [3.63, 3.8) is 0 Å². The summed E-state index contributed by atoms with van der Waals surface area (Å²) < 4.78 is 12.3. The average Bonchev–Trinajstić information content (AvgIpc) is 3.31. The molecular weight excluding hydrogens is 318 g/mol. The summed E-state index contributed by atoms with van der Waals surface area (Å²) in [6.45, 7) is 0. The summed E-state index contributed by atoms with van der Waals surface area (Å²) in [6, 6.07) is 16.6. The van der Waals surface area contributed by atoms with Crippen LogP contribution in [0.2, 0.25) is 0 Å². The van der Waals surface area contributed by atoms with E-state index in [-0.39, 0.29) is 11.7 Å². The van der Waals surface area contributed by atoms with E-state index in [4.69, 9.17) is 9.15 Å². The molecule has 0 aliphatic heterocycles. The molecule has 6 nitrogen and oxygen atoms in total. The van der Waals surface area contributed by atoms with Crippen molar-refractivity contribution in [1.82, 2.24) is 9.55 Å². The van der Waals surface area contributed by atoms with Gasteiger partial charge in [-0.2, -0.15) is 0 Å². The monoisotopic (exact) mass is 333 g/mol. The molecule has 4 aromatic rings. The number of furan rings is 1. The van der Waals surface area contributed by atoms with Gasteiger partial charge in [0, 0.05) is 11.4 Å². The van der Waals surface area contributed by atoms with Crippen LogP contribution < -0.4 is 10.1 Å². The van der Waals surface area contributed by atoms with Crippen molar-refractivity contribution in [2.45, 2.75) is 0 Å². The number of carbonyl (C=O) groups is 1. The number of rotatable bonds is 4. The molecule has 4 rings (SSSR count). The maximum atomic E-state index is 12.1. The van der Waals surface area contributed by atoms with Gasteiger partial charge in [-0.1, -0.05) is 0 Å². The van der Waals surface area contributed by atoms with Crippen LogP contribution in [0, 0.1) is 0 Å². The predicted octanol–water partition coefficient (Wildman–Crippen LogP) is 3.88. The molecule has 25 heavy (non-hydrogen) atoms. The lowest BCUT2D eigenvalue weighted by Crippen LogP contribution is -2.10. The van der Waals surface area contributed by atoms with Crippen molar-refractivity contribution in [3.8, 4) is 11.4 Å². The Morgan fingerprint density at radius 1 is 1.16 bits per heavy atom. The molecule has 0 radical (unpaired) electrons. The van der Waals surface area contributed by atoms with Gasteiger partial charge in [0.1, 0.15) is 12.1 Å². The molecule has 2 heterocycles. The molecule has 0 saturated heterocycles. The largest absolute Gasteiger partial charge is 0.497 e. The Morgan fingerprint density at radius 2 is 2.00 bits per heavy atom. The number of hydrogen-bond acceptors (Lipinski definition) is 4. The molecule has 0 bridgehead atoms. The van der Waals surface area contributed by atoms with Gasteiger partial charge in [-0.25, -0.2) is 4.98 Å². The van der Waals surface area contributed by atoms with Crippen molar-refractivity contribution in [2.75, 3.05) is 12.4 Å². The maximum Gasteiger partial charge on any atom is 0.291 e. The van der Waals surface area contributed by atoms with Crippen LogP contribution in [0.15, 0.2) is 71.6 Å².